The number of ether oxygens (including phenoxy) is 1. The number of carbonyl (C=O) groups excluding carboxylic acids is 2. The van der Waals surface area contributed by atoms with Gasteiger partial charge in [0.2, 0.25) is 5.91 Å². The lowest BCUT2D eigenvalue weighted by Gasteiger charge is -2.29. The number of amides is 2. The Balaban J connectivity index is 1.70. The first-order valence-corrected chi connectivity index (χ1v) is 9.06. The van der Waals surface area contributed by atoms with Gasteiger partial charge in [0.05, 0.1) is 5.69 Å². The highest BCUT2D eigenvalue weighted by Crippen LogP contribution is 2.31. The largest absolute Gasteiger partial charge is 0.482 e. The van der Waals surface area contributed by atoms with Crippen molar-refractivity contribution in [2.45, 2.75) is 33.1 Å². The minimum Gasteiger partial charge on any atom is -0.482 e. The topological polar surface area (TPSA) is 58.6 Å². The van der Waals surface area contributed by atoms with Gasteiger partial charge in [-0.15, -0.1) is 0 Å². The number of nitrogens with one attached hydrogen (secondary N) is 1. The fraction of sp³-hybridized carbons (Fsp3) is 0.333. The van der Waals surface area contributed by atoms with Crippen molar-refractivity contribution in [3.8, 4) is 5.75 Å². The molecule has 2 amide bonds. The van der Waals surface area contributed by atoms with Crippen LogP contribution in [0.2, 0.25) is 0 Å². The summed E-state index contributed by atoms with van der Waals surface area (Å²) in [5.74, 6) is 0.467. The van der Waals surface area contributed by atoms with Crippen molar-refractivity contribution in [3.63, 3.8) is 0 Å². The van der Waals surface area contributed by atoms with Gasteiger partial charge >= 0.3 is 0 Å². The van der Waals surface area contributed by atoms with E-state index in [2.05, 4.69) is 19.2 Å². The van der Waals surface area contributed by atoms with E-state index in [1.165, 1.54) is 0 Å². The molecular formula is C21H24N2O3. The van der Waals surface area contributed by atoms with Gasteiger partial charge in [0.15, 0.2) is 6.61 Å². The molecule has 2 aromatic rings. The van der Waals surface area contributed by atoms with Crippen LogP contribution in [0.25, 0.3) is 0 Å². The van der Waals surface area contributed by atoms with E-state index in [1.807, 2.05) is 42.5 Å². The van der Waals surface area contributed by atoms with Crippen LogP contribution in [0.5, 0.6) is 5.75 Å². The molecule has 0 saturated heterocycles. The zero-order chi connectivity index (χ0) is 18.5. The maximum atomic E-state index is 12.5. The number of nitrogens with zero attached hydrogens (tertiary/aromatic N) is 1. The second-order valence-electron chi connectivity index (χ2n) is 6.26. The summed E-state index contributed by atoms with van der Waals surface area (Å²) in [4.78, 5) is 26.4. The van der Waals surface area contributed by atoms with Crippen LogP contribution in [-0.2, 0) is 22.4 Å². The standard InChI is InChI=1S/C21H24N2O3/c1-3-15-8-7-9-16(4-2)21(15)22-19(24)12-13-23-17-10-5-6-11-18(17)26-14-20(23)25/h5-11H,3-4,12-14H2,1-2H3,(H,22,24). The quantitative estimate of drug-likeness (QED) is 0.865. The van der Waals surface area contributed by atoms with Crippen LogP contribution < -0.4 is 15.0 Å². The number of rotatable bonds is 6. The number of carbonyl (C=O) groups is 2. The molecule has 5 heteroatoms. The highest BCUT2D eigenvalue weighted by Gasteiger charge is 2.25. The van der Waals surface area contributed by atoms with Gasteiger partial charge in [0.1, 0.15) is 5.75 Å². The number of para-hydroxylation sites is 3. The Morgan fingerprint density at radius 3 is 2.46 bits per heavy atom. The lowest BCUT2D eigenvalue weighted by Crippen LogP contribution is -2.40. The molecule has 3 rings (SSSR count). The maximum Gasteiger partial charge on any atom is 0.265 e. The monoisotopic (exact) mass is 352 g/mol. The normalized spacial score (nSPS) is 13.2. The molecule has 0 radical (unpaired) electrons. The first kappa shape index (κ1) is 18.0. The van der Waals surface area contributed by atoms with E-state index in [4.69, 9.17) is 4.74 Å². The predicted molar refractivity (Wildman–Crippen MR) is 103 cm³/mol. The van der Waals surface area contributed by atoms with Crippen LogP contribution in [0, 0.1) is 0 Å². The number of aryl methyl sites for hydroxylation is 2. The van der Waals surface area contributed by atoms with Crippen molar-refractivity contribution in [2.24, 2.45) is 0 Å². The van der Waals surface area contributed by atoms with Crippen molar-refractivity contribution in [1.82, 2.24) is 0 Å². The van der Waals surface area contributed by atoms with Crippen LogP contribution in [0.3, 0.4) is 0 Å². The van der Waals surface area contributed by atoms with Gasteiger partial charge in [-0.2, -0.15) is 0 Å². The van der Waals surface area contributed by atoms with E-state index in [1.54, 1.807) is 4.90 Å². The first-order valence-electron chi connectivity index (χ1n) is 9.06. The Kier molecular flexibility index (Phi) is 5.56. The molecule has 0 atom stereocenters. The number of hydrogen-bond donors (Lipinski definition) is 1. The molecule has 0 spiro atoms. The van der Waals surface area contributed by atoms with E-state index < -0.39 is 0 Å². The molecule has 1 heterocycles. The van der Waals surface area contributed by atoms with Crippen molar-refractivity contribution in [1.29, 1.82) is 0 Å². The van der Waals surface area contributed by atoms with Gasteiger partial charge in [-0.1, -0.05) is 44.2 Å². The highest BCUT2D eigenvalue weighted by molar-refractivity contribution is 5.99. The number of hydrogen-bond acceptors (Lipinski definition) is 3. The molecule has 1 aliphatic heterocycles. The van der Waals surface area contributed by atoms with E-state index >= 15 is 0 Å². The number of anilines is 2. The Bertz CT molecular complexity index is 794. The van der Waals surface area contributed by atoms with Gasteiger partial charge in [-0.25, -0.2) is 0 Å². The van der Waals surface area contributed by atoms with Crippen molar-refractivity contribution < 1.29 is 14.3 Å². The second kappa shape index (κ2) is 8.04. The molecule has 1 aliphatic rings. The second-order valence-corrected chi connectivity index (χ2v) is 6.26. The minimum absolute atomic E-state index is 0.0112. The summed E-state index contributed by atoms with van der Waals surface area (Å²) >= 11 is 0. The lowest BCUT2D eigenvalue weighted by molar-refractivity contribution is -0.121. The van der Waals surface area contributed by atoms with Gasteiger partial charge < -0.3 is 15.0 Å². The van der Waals surface area contributed by atoms with Crippen molar-refractivity contribution in [3.05, 3.63) is 53.6 Å². The van der Waals surface area contributed by atoms with Crippen LogP contribution in [-0.4, -0.2) is 25.0 Å². The maximum absolute atomic E-state index is 12.5. The Labute approximate surface area is 154 Å². The summed E-state index contributed by atoms with van der Waals surface area (Å²) in [6.07, 6.45) is 1.96. The average molecular weight is 352 g/mol. The minimum atomic E-state index is -0.125. The van der Waals surface area contributed by atoms with Gasteiger partial charge in [-0.3, -0.25) is 9.59 Å². The highest BCUT2D eigenvalue weighted by atomic mass is 16.5. The molecule has 0 fully saturated rings. The SMILES string of the molecule is CCc1cccc(CC)c1NC(=O)CCN1C(=O)COc2ccccc21. The predicted octanol–water partition coefficient (Wildman–Crippen LogP) is 3.57. The zero-order valence-corrected chi connectivity index (χ0v) is 15.2. The number of fused-ring (bicyclic) bond motifs is 1. The summed E-state index contributed by atoms with van der Waals surface area (Å²) in [5, 5.41) is 3.05. The molecule has 0 unspecified atom stereocenters. The third-order valence-corrected chi connectivity index (χ3v) is 4.63. The Morgan fingerprint density at radius 2 is 1.77 bits per heavy atom. The fourth-order valence-electron chi connectivity index (χ4n) is 3.22. The van der Waals surface area contributed by atoms with Gasteiger partial charge in [-0.05, 0) is 36.1 Å². The van der Waals surface area contributed by atoms with Crippen LogP contribution in [0.1, 0.15) is 31.4 Å². The summed E-state index contributed by atoms with van der Waals surface area (Å²) in [6.45, 7) is 4.50. The van der Waals surface area contributed by atoms with Gasteiger partial charge in [0.25, 0.3) is 5.91 Å². The molecular weight excluding hydrogens is 328 g/mol. The lowest BCUT2D eigenvalue weighted by atomic mass is 10.0. The smallest absolute Gasteiger partial charge is 0.265 e. The molecule has 2 aromatic carbocycles. The third-order valence-electron chi connectivity index (χ3n) is 4.63. The molecule has 0 bridgehead atoms. The Hall–Kier alpha value is -2.82. The van der Waals surface area contributed by atoms with Gasteiger partial charge in [0, 0.05) is 18.7 Å². The van der Waals surface area contributed by atoms with Crippen LogP contribution >= 0.6 is 0 Å². The van der Waals surface area contributed by atoms with Crippen molar-refractivity contribution in [2.75, 3.05) is 23.4 Å². The summed E-state index contributed by atoms with van der Waals surface area (Å²) in [7, 11) is 0. The summed E-state index contributed by atoms with van der Waals surface area (Å²) < 4.78 is 5.44. The van der Waals surface area contributed by atoms with Crippen molar-refractivity contribution >= 4 is 23.2 Å². The average Bonchev–Trinajstić information content (AvgIpc) is 2.67. The molecule has 5 nitrogen and oxygen atoms in total. The number of benzene rings is 2. The zero-order valence-electron chi connectivity index (χ0n) is 15.2. The molecule has 136 valence electrons. The summed E-state index contributed by atoms with van der Waals surface area (Å²) in [5.41, 5.74) is 3.90. The van der Waals surface area contributed by atoms with E-state index in [-0.39, 0.29) is 24.8 Å². The summed E-state index contributed by atoms with van der Waals surface area (Å²) in [6, 6.07) is 13.5. The fourth-order valence-corrected chi connectivity index (χ4v) is 3.22. The van der Waals surface area contributed by atoms with Crippen LogP contribution in [0.4, 0.5) is 11.4 Å². The first-order chi connectivity index (χ1) is 12.6. The Morgan fingerprint density at radius 1 is 1.08 bits per heavy atom. The molecule has 0 saturated carbocycles. The van der Waals surface area contributed by atoms with Crippen LogP contribution in [0.15, 0.2) is 42.5 Å². The molecule has 1 N–H and O–H groups in total. The molecule has 0 aromatic heterocycles. The molecule has 26 heavy (non-hydrogen) atoms. The van der Waals surface area contributed by atoms with E-state index in [0.29, 0.717) is 12.3 Å². The third kappa shape index (κ3) is 3.72. The van der Waals surface area contributed by atoms with E-state index in [9.17, 15) is 9.59 Å². The molecule has 0 aliphatic carbocycles. The van der Waals surface area contributed by atoms with E-state index in [0.717, 1.165) is 35.3 Å².